The SMILES string of the molecule is COc1ccc(Cl)cc1CC(=O)Nc1nc(C2CCNCC2)nn1C. The van der Waals surface area contributed by atoms with Gasteiger partial charge in [0.2, 0.25) is 11.9 Å². The molecule has 0 saturated carbocycles. The first-order valence-corrected chi connectivity index (χ1v) is 8.68. The van der Waals surface area contributed by atoms with Crippen LogP contribution in [0.1, 0.15) is 30.1 Å². The van der Waals surface area contributed by atoms with Gasteiger partial charge < -0.3 is 10.1 Å². The lowest BCUT2D eigenvalue weighted by molar-refractivity contribution is -0.115. The topological polar surface area (TPSA) is 81.1 Å². The predicted octanol–water partition coefficient (Wildman–Crippen LogP) is 2.13. The van der Waals surface area contributed by atoms with Gasteiger partial charge in [0.15, 0.2) is 5.82 Å². The molecule has 1 aromatic carbocycles. The third-order valence-corrected chi connectivity index (χ3v) is 4.56. The van der Waals surface area contributed by atoms with Crippen LogP contribution in [0.5, 0.6) is 5.75 Å². The van der Waals surface area contributed by atoms with E-state index in [0.717, 1.165) is 37.3 Å². The Hall–Kier alpha value is -2.12. The molecule has 1 fully saturated rings. The Morgan fingerprint density at radius 1 is 1.44 bits per heavy atom. The standard InChI is InChI=1S/C17H22ClN5O2/c1-23-17(21-16(22-23)11-5-7-19-8-6-11)20-15(24)10-12-9-13(18)3-4-14(12)25-2/h3-4,9,11,19H,5-8,10H2,1-2H3,(H,20,21,22,24). The minimum absolute atomic E-state index is 0.152. The molecule has 0 aliphatic carbocycles. The number of benzene rings is 1. The van der Waals surface area contributed by atoms with Crippen molar-refractivity contribution < 1.29 is 9.53 Å². The molecule has 0 atom stereocenters. The van der Waals surface area contributed by atoms with Gasteiger partial charge in [0.25, 0.3) is 0 Å². The number of nitrogens with zero attached hydrogens (tertiary/aromatic N) is 3. The first kappa shape index (κ1) is 17.7. The number of halogens is 1. The highest BCUT2D eigenvalue weighted by Gasteiger charge is 2.21. The second-order valence-electron chi connectivity index (χ2n) is 6.12. The smallest absolute Gasteiger partial charge is 0.231 e. The van der Waals surface area contributed by atoms with Crippen LogP contribution in [0.2, 0.25) is 5.02 Å². The molecular formula is C17H22ClN5O2. The van der Waals surface area contributed by atoms with E-state index >= 15 is 0 Å². The molecule has 1 aliphatic heterocycles. The predicted molar refractivity (Wildman–Crippen MR) is 96.2 cm³/mol. The monoisotopic (exact) mass is 363 g/mol. The molecule has 1 amide bonds. The molecule has 2 heterocycles. The number of piperidine rings is 1. The van der Waals surface area contributed by atoms with Crippen LogP contribution >= 0.6 is 11.6 Å². The second kappa shape index (κ2) is 7.84. The van der Waals surface area contributed by atoms with Crippen LogP contribution in [0.15, 0.2) is 18.2 Å². The molecule has 0 radical (unpaired) electrons. The first-order valence-electron chi connectivity index (χ1n) is 8.30. The summed E-state index contributed by atoms with van der Waals surface area (Å²) in [6.07, 6.45) is 2.17. The minimum atomic E-state index is -0.187. The van der Waals surface area contributed by atoms with E-state index in [1.165, 1.54) is 0 Å². The Kier molecular flexibility index (Phi) is 5.55. The molecule has 25 heavy (non-hydrogen) atoms. The van der Waals surface area contributed by atoms with Gasteiger partial charge in [0.05, 0.1) is 13.5 Å². The molecule has 8 heteroatoms. The van der Waals surface area contributed by atoms with Crippen molar-refractivity contribution in [2.75, 3.05) is 25.5 Å². The molecular weight excluding hydrogens is 342 g/mol. The van der Waals surface area contributed by atoms with Crippen LogP contribution in [-0.4, -0.2) is 40.9 Å². The number of carbonyl (C=O) groups is 1. The number of hydrogen-bond acceptors (Lipinski definition) is 5. The molecule has 1 saturated heterocycles. The summed E-state index contributed by atoms with van der Waals surface area (Å²) in [6, 6.07) is 5.22. The highest BCUT2D eigenvalue weighted by Crippen LogP contribution is 2.25. The Balaban J connectivity index is 1.69. The fraction of sp³-hybridized carbons (Fsp3) is 0.471. The van der Waals surface area contributed by atoms with Crippen molar-refractivity contribution in [3.05, 3.63) is 34.6 Å². The summed E-state index contributed by atoms with van der Waals surface area (Å²) < 4.78 is 6.90. The maximum atomic E-state index is 12.4. The summed E-state index contributed by atoms with van der Waals surface area (Å²) >= 11 is 6.01. The molecule has 1 aromatic heterocycles. The summed E-state index contributed by atoms with van der Waals surface area (Å²) in [6.45, 7) is 1.94. The fourth-order valence-corrected chi connectivity index (χ4v) is 3.19. The van der Waals surface area contributed by atoms with Crippen LogP contribution in [0, 0.1) is 0 Å². The normalized spacial score (nSPS) is 15.2. The van der Waals surface area contributed by atoms with Crippen molar-refractivity contribution >= 4 is 23.5 Å². The maximum Gasteiger partial charge on any atom is 0.231 e. The van der Waals surface area contributed by atoms with Crippen molar-refractivity contribution in [2.45, 2.75) is 25.2 Å². The van der Waals surface area contributed by atoms with Crippen molar-refractivity contribution in [1.82, 2.24) is 20.1 Å². The zero-order chi connectivity index (χ0) is 17.8. The average Bonchev–Trinajstić information content (AvgIpc) is 2.96. The van der Waals surface area contributed by atoms with Gasteiger partial charge in [0, 0.05) is 23.6 Å². The Labute approximate surface area is 151 Å². The van der Waals surface area contributed by atoms with Gasteiger partial charge in [-0.1, -0.05) is 11.6 Å². The number of ether oxygens (including phenoxy) is 1. The summed E-state index contributed by atoms with van der Waals surface area (Å²) in [7, 11) is 3.35. The number of methoxy groups -OCH3 is 1. The molecule has 3 rings (SSSR count). The van der Waals surface area contributed by atoms with Crippen molar-refractivity contribution in [2.24, 2.45) is 7.05 Å². The largest absolute Gasteiger partial charge is 0.496 e. The highest BCUT2D eigenvalue weighted by atomic mass is 35.5. The van der Waals surface area contributed by atoms with Gasteiger partial charge in [0.1, 0.15) is 5.75 Å². The van der Waals surface area contributed by atoms with E-state index in [2.05, 4.69) is 20.7 Å². The lowest BCUT2D eigenvalue weighted by atomic mass is 9.98. The van der Waals surface area contributed by atoms with E-state index in [1.54, 1.807) is 37.0 Å². The Morgan fingerprint density at radius 3 is 2.92 bits per heavy atom. The average molecular weight is 364 g/mol. The number of rotatable bonds is 5. The van der Waals surface area contributed by atoms with Crippen LogP contribution in [0.25, 0.3) is 0 Å². The Morgan fingerprint density at radius 2 is 2.20 bits per heavy atom. The summed E-state index contributed by atoms with van der Waals surface area (Å²) in [5.41, 5.74) is 0.730. The van der Waals surface area contributed by atoms with Gasteiger partial charge in [-0.3, -0.25) is 10.1 Å². The molecule has 0 bridgehead atoms. The van der Waals surface area contributed by atoms with Crippen LogP contribution < -0.4 is 15.4 Å². The minimum Gasteiger partial charge on any atom is -0.496 e. The number of aromatic nitrogens is 3. The summed E-state index contributed by atoms with van der Waals surface area (Å²) in [5, 5.41) is 11.2. The number of anilines is 1. The molecule has 7 nitrogen and oxygen atoms in total. The lowest BCUT2D eigenvalue weighted by Gasteiger charge is -2.19. The quantitative estimate of drug-likeness (QED) is 0.850. The van der Waals surface area contributed by atoms with Crippen molar-refractivity contribution in [3.8, 4) is 5.75 Å². The van der Waals surface area contributed by atoms with Gasteiger partial charge in [-0.15, -0.1) is 0 Å². The number of nitrogens with one attached hydrogen (secondary N) is 2. The van der Waals surface area contributed by atoms with Gasteiger partial charge in [-0.2, -0.15) is 10.1 Å². The van der Waals surface area contributed by atoms with Crippen molar-refractivity contribution in [3.63, 3.8) is 0 Å². The van der Waals surface area contributed by atoms with E-state index in [1.807, 2.05) is 0 Å². The van der Waals surface area contributed by atoms with Gasteiger partial charge in [-0.25, -0.2) is 4.68 Å². The number of carbonyl (C=O) groups excluding carboxylic acids is 1. The molecule has 0 unspecified atom stereocenters. The van der Waals surface area contributed by atoms with Gasteiger partial charge >= 0.3 is 0 Å². The van der Waals surface area contributed by atoms with E-state index in [-0.39, 0.29) is 12.3 Å². The van der Waals surface area contributed by atoms with E-state index < -0.39 is 0 Å². The van der Waals surface area contributed by atoms with Crippen molar-refractivity contribution in [1.29, 1.82) is 0 Å². The first-order chi connectivity index (χ1) is 12.1. The van der Waals surface area contributed by atoms with E-state index in [0.29, 0.717) is 22.6 Å². The number of hydrogen-bond donors (Lipinski definition) is 2. The molecule has 2 aromatic rings. The third-order valence-electron chi connectivity index (χ3n) is 4.33. The van der Waals surface area contributed by atoms with Crippen LogP contribution in [0.4, 0.5) is 5.95 Å². The fourth-order valence-electron chi connectivity index (χ4n) is 2.99. The molecule has 2 N–H and O–H groups in total. The van der Waals surface area contributed by atoms with Crippen LogP contribution in [0.3, 0.4) is 0 Å². The van der Waals surface area contributed by atoms with E-state index in [4.69, 9.17) is 16.3 Å². The zero-order valence-corrected chi connectivity index (χ0v) is 15.1. The number of aryl methyl sites for hydroxylation is 1. The summed E-state index contributed by atoms with van der Waals surface area (Å²) in [4.78, 5) is 16.9. The Bertz CT molecular complexity index is 755. The molecule has 0 spiro atoms. The third kappa shape index (κ3) is 4.29. The zero-order valence-electron chi connectivity index (χ0n) is 14.4. The highest BCUT2D eigenvalue weighted by molar-refractivity contribution is 6.30. The van der Waals surface area contributed by atoms with Gasteiger partial charge in [-0.05, 0) is 44.1 Å². The lowest BCUT2D eigenvalue weighted by Crippen LogP contribution is -2.27. The number of amides is 1. The maximum absolute atomic E-state index is 12.4. The second-order valence-corrected chi connectivity index (χ2v) is 6.56. The van der Waals surface area contributed by atoms with E-state index in [9.17, 15) is 4.79 Å². The van der Waals surface area contributed by atoms with Crippen LogP contribution in [-0.2, 0) is 18.3 Å². The molecule has 1 aliphatic rings. The molecule has 134 valence electrons. The summed E-state index contributed by atoms with van der Waals surface area (Å²) in [5.74, 6) is 2.03.